The number of fused-ring (bicyclic) bond motifs is 1. The van der Waals surface area contributed by atoms with E-state index in [4.69, 9.17) is 9.47 Å². The second-order valence-corrected chi connectivity index (χ2v) is 8.72. The molecule has 26 heavy (non-hydrogen) atoms. The lowest BCUT2D eigenvalue weighted by atomic mass is 9.82. The van der Waals surface area contributed by atoms with Crippen LogP contribution in [0, 0.1) is 11.8 Å². The van der Waals surface area contributed by atoms with Gasteiger partial charge in [-0.15, -0.1) is 0 Å². The van der Waals surface area contributed by atoms with Gasteiger partial charge in [0.05, 0.1) is 38.3 Å². The highest BCUT2D eigenvalue weighted by Crippen LogP contribution is 2.36. The van der Waals surface area contributed by atoms with E-state index in [9.17, 15) is 4.79 Å². The summed E-state index contributed by atoms with van der Waals surface area (Å²) >= 11 is 0. The van der Waals surface area contributed by atoms with Gasteiger partial charge in [-0.1, -0.05) is 13.8 Å². The van der Waals surface area contributed by atoms with Crippen molar-refractivity contribution < 1.29 is 18.8 Å². The number of benzene rings is 1. The fraction of sp³-hybridized carbons (Fsp3) is 0.682. The molecule has 0 amide bonds. The van der Waals surface area contributed by atoms with Crippen LogP contribution in [0.5, 0.6) is 5.75 Å². The molecule has 4 heteroatoms. The van der Waals surface area contributed by atoms with Gasteiger partial charge in [-0.2, -0.15) is 0 Å². The Morgan fingerprint density at radius 1 is 1.12 bits per heavy atom. The first-order valence-electron chi connectivity index (χ1n) is 10.2. The van der Waals surface area contributed by atoms with Crippen LogP contribution < -0.4 is 4.74 Å². The zero-order chi connectivity index (χ0) is 18.6. The highest BCUT2D eigenvalue weighted by atomic mass is 16.5. The van der Waals surface area contributed by atoms with Gasteiger partial charge in [-0.3, -0.25) is 0 Å². The maximum absolute atomic E-state index is 12.4. The van der Waals surface area contributed by atoms with E-state index in [2.05, 4.69) is 20.9 Å². The molecule has 1 unspecified atom stereocenters. The third-order valence-corrected chi connectivity index (χ3v) is 6.11. The van der Waals surface area contributed by atoms with Crippen molar-refractivity contribution >= 4 is 5.97 Å². The number of carbonyl (C=O) groups excluding carboxylic acids is 1. The molecule has 0 radical (unpaired) electrons. The smallest absolute Gasteiger partial charge is 0.338 e. The van der Waals surface area contributed by atoms with Crippen LogP contribution in [0.25, 0.3) is 0 Å². The molecule has 0 spiro atoms. The lowest BCUT2D eigenvalue weighted by Gasteiger charge is -2.51. The highest BCUT2D eigenvalue weighted by Gasteiger charge is 2.43. The molecule has 3 atom stereocenters. The second-order valence-electron chi connectivity index (χ2n) is 8.72. The summed E-state index contributed by atoms with van der Waals surface area (Å²) in [5.41, 5.74) is 0.610. The summed E-state index contributed by atoms with van der Waals surface area (Å²) in [6, 6.07) is 7.99. The number of ether oxygens (including phenoxy) is 2. The van der Waals surface area contributed by atoms with E-state index < -0.39 is 0 Å². The normalized spacial score (nSPS) is 28.5. The number of carbonyl (C=O) groups is 1. The van der Waals surface area contributed by atoms with Crippen molar-refractivity contribution in [2.75, 3.05) is 33.4 Å². The topological polar surface area (TPSA) is 35.5 Å². The monoisotopic (exact) mass is 360 g/mol. The summed E-state index contributed by atoms with van der Waals surface area (Å²) in [6.07, 6.45) is 6.37. The van der Waals surface area contributed by atoms with E-state index in [1.807, 2.05) is 12.1 Å². The Labute approximate surface area is 158 Å². The third kappa shape index (κ3) is 4.59. The Kier molecular flexibility index (Phi) is 6.23. The summed E-state index contributed by atoms with van der Waals surface area (Å²) in [6.45, 7) is 8.05. The fourth-order valence-electron chi connectivity index (χ4n) is 4.64. The van der Waals surface area contributed by atoms with Crippen molar-refractivity contribution in [2.45, 2.75) is 52.0 Å². The van der Waals surface area contributed by atoms with Gasteiger partial charge >= 0.3 is 5.97 Å². The van der Waals surface area contributed by atoms with E-state index in [0.29, 0.717) is 36.7 Å². The van der Waals surface area contributed by atoms with Crippen LogP contribution in [0.4, 0.5) is 0 Å². The minimum atomic E-state index is -0.212. The molecule has 1 aromatic carbocycles. The van der Waals surface area contributed by atoms with Crippen molar-refractivity contribution in [3.05, 3.63) is 29.8 Å². The average Bonchev–Trinajstić information content (AvgIpc) is 2.64. The molecule has 144 valence electrons. The lowest BCUT2D eigenvalue weighted by molar-refractivity contribution is -0.947. The second kappa shape index (κ2) is 8.43. The zero-order valence-corrected chi connectivity index (χ0v) is 16.6. The molecule has 1 aromatic rings. The molecule has 3 rings (SSSR count). The van der Waals surface area contributed by atoms with Gasteiger partial charge in [0.2, 0.25) is 0 Å². The van der Waals surface area contributed by atoms with Crippen molar-refractivity contribution in [3.8, 4) is 5.75 Å². The SMILES string of the molecule is CC(C)COc1ccc(C(=O)OC[C@@H]2CCC[N+]3(C)CCCC[C@H]23)cc1. The van der Waals surface area contributed by atoms with Gasteiger partial charge in [0.1, 0.15) is 12.4 Å². The Bertz CT molecular complexity index is 594. The van der Waals surface area contributed by atoms with E-state index in [1.54, 1.807) is 12.1 Å². The van der Waals surface area contributed by atoms with Gasteiger partial charge in [0.15, 0.2) is 0 Å². The van der Waals surface area contributed by atoms with Crippen LogP contribution in [-0.4, -0.2) is 49.8 Å². The molecule has 2 aliphatic heterocycles. The first kappa shape index (κ1) is 19.2. The molecule has 4 nitrogen and oxygen atoms in total. The quantitative estimate of drug-likeness (QED) is 0.561. The molecule has 2 saturated heterocycles. The third-order valence-electron chi connectivity index (χ3n) is 6.11. The van der Waals surface area contributed by atoms with E-state index in [1.165, 1.54) is 49.7 Å². The molecule has 0 aliphatic carbocycles. The van der Waals surface area contributed by atoms with Gasteiger partial charge < -0.3 is 14.0 Å². The number of esters is 1. The Morgan fingerprint density at radius 3 is 2.58 bits per heavy atom. The van der Waals surface area contributed by atoms with E-state index >= 15 is 0 Å². The van der Waals surface area contributed by atoms with Crippen molar-refractivity contribution in [3.63, 3.8) is 0 Å². The number of nitrogens with zero attached hydrogens (tertiary/aromatic N) is 1. The van der Waals surface area contributed by atoms with Crippen molar-refractivity contribution in [2.24, 2.45) is 11.8 Å². The minimum absolute atomic E-state index is 0.212. The number of quaternary nitrogens is 1. The molecule has 2 fully saturated rings. The summed E-state index contributed by atoms with van der Waals surface area (Å²) in [5, 5.41) is 0. The summed E-state index contributed by atoms with van der Waals surface area (Å²) in [4.78, 5) is 12.4. The summed E-state index contributed by atoms with van der Waals surface area (Å²) in [7, 11) is 2.40. The predicted octanol–water partition coefficient (Wildman–Crippen LogP) is 4.29. The van der Waals surface area contributed by atoms with Gasteiger partial charge in [0.25, 0.3) is 0 Å². The maximum Gasteiger partial charge on any atom is 0.338 e. The lowest BCUT2D eigenvalue weighted by Crippen LogP contribution is -2.61. The van der Waals surface area contributed by atoms with Crippen LogP contribution in [-0.2, 0) is 4.74 Å². The molecular formula is C22H34NO3+. The fourth-order valence-corrected chi connectivity index (χ4v) is 4.64. The van der Waals surface area contributed by atoms with Crippen LogP contribution >= 0.6 is 0 Å². The zero-order valence-electron chi connectivity index (χ0n) is 16.6. The van der Waals surface area contributed by atoms with E-state index in [0.717, 1.165) is 5.75 Å². The van der Waals surface area contributed by atoms with Crippen LogP contribution in [0.15, 0.2) is 24.3 Å². The van der Waals surface area contributed by atoms with Gasteiger partial charge in [0, 0.05) is 12.3 Å². The standard InChI is InChI=1S/C22H34NO3/c1-17(2)15-25-20-11-9-18(10-12-20)22(24)26-16-19-7-6-14-23(3)13-5-4-8-21(19)23/h9-12,17,19,21H,4-8,13-16H2,1-3H3/q+1/t19-,21+,23?/m0/s1. The van der Waals surface area contributed by atoms with Crippen LogP contribution in [0.1, 0.15) is 56.3 Å². The number of rotatable bonds is 6. The molecule has 0 N–H and O–H groups in total. The van der Waals surface area contributed by atoms with Gasteiger partial charge in [-0.25, -0.2) is 4.79 Å². The summed E-state index contributed by atoms with van der Waals surface area (Å²) < 4.78 is 12.6. The first-order chi connectivity index (χ1) is 12.5. The van der Waals surface area contributed by atoms with Crippen LogP contribution in [0.3, 0.4) is 0 Å². The molecule has 2 heterocycles. The number of hydrogen-bond donors (Lipinski definition) is 0. The Balaban J connectivity index is 1.53. The van der Waals surface area contributed by atoms with Crippen LogP contribution in [0.2, 0.25) is 0 Å². The highest BCUT2D eigenvalue weighted by molar-refractivity contribution is 5.89. The largest absolute Gasteiger partial charge is 0.493 e. The predicted molar refractivity (Wildman–Crippen MR) is 103 cm³/mol. The molecule has 0 bridgehead atoms. The number of hydrogen-bond acceptors (Lipinski definition) is 3. The molecule has 0 aromatic heterocycles. The van der Waals surface area contributed by atoms with E-state index in [-0.39, 0.29) is 5.97 Å². The van der Waals surface area contributed by atoms with Crippen molar-refractivity contribution in [1.82, 2.24) is 0 Å². The maximum atomic E-state index is 12.4. The number of piperidine rings is 2. The Hall–Kier alpha value is -1.55. The summed E-state index contributed by atoms with van der Waals surface area (Å²) in [5.74, 6) is 1.58. The molecule has 2 aliphatic rings. The Morgan fingerprint density at radius 2 is 1.85 bits per heavy atom. The molecule has 0 saturated carbocycles. The van der Waals surface area contributed by atoms with Gasteiger partial charge in [-0.05, 0) is 55.9 Å². The minimum Gasteiger partial charge on any atom is -0.493 e. The van der Waals surface area contributed by atoms with Crippen molar-refractivity contribution in [1.29, 1.82) is 0 Å². The molecular weight excluding hydrogens is 326 g/mol. The average molecular weight is 361 g/mol. The first-order valence-corrected chi connectivity index (χ1v) is 10.2.